The average molecular weight is 446 g/mol. The molecule has 3 aromatic carbocycles. The molecular weight excluding hydrogens is 418 g/mol. The highest BCUT2D eigenvalue weighted by Crippen LogP contribution is 2.22. The van der Waals surface area contributed by atoms with Crippen LogP contribution in [0.3, 0.4) is 0 Å². The topological polar surface area (TPSA) is 88.7 Å². The molecule has 3 aromatic rings. The van der Waals surface area contributed by atoms with Gasteiger partial charge in [0.1, 0.15) is 11.5 Å². The highest BCUT2D eigenvalue weighted by Gasteiger charge is 2.17. The first-order chi connectivity index (χ1) is 16.2. The maximum atomic E-state index is 12.4. The number of para-hydroxylation sites is 1. The van der Waals surface area contributed by atoms with Crippen molar-refractivity contribution in [3.63, 3.8) is 0 Å². The molecule has 170 valence electrons. The van der Waals surface area contributed by atoms with E-state index in [9.17, 15) is 9.59 Å². The van der Waals surface area contributed by atoms with E-state index in [1.165, 1.54) is 0 Å². The molecular formula is C26H27N3O4. The number of benzene rings is 3. The predicted molar refractivity (Wildman–Crippen MR) is 128 cm³/mol. The number of carbonyl (C=O) groups is 2. The number of rotatable bonds is 9. The molecule has 7 heteroatoms. The Morgan fingerprint density at radius 1 is 0.909 bits per heavy atom. The van der Waals surface area contributed by atoms with Gasteiger partial charge in [0.2, 0.25) is 5.91 Å². The third-order valence-electron chi connectivity index (χ3n) is 5.21. The molecule has 3 N–H and O–H groups in total. The molecule has 2 amide bonds. The average Bonchev–Trinajstić information content (AvgIpc) is 3.37. The van der Waals surface area contributed by atoms with Crippen LogP contribution in [0.1, 0.15) is 23.2 Å². The maximum absolute atomic E-state index is 12.4. The highest BCUT2D eigenvalue weighted by atomic mass is 16.5. The van der Waals surface area contributed by atoms with Crippen LogP contribution in [-0.2, 0) is 9.53 Å². The molecule has 0 aliphatic carbocycles. The van der Waals surface area contributed by atoms with Gasteiger partial charge in [0, 0.05) is 30.1 Å². The van der Waals surface area contributed by atoms with Gasteiger partial charge in [-0.2, -0.15) is 0 Å². The minimum atomic E-state index is -0.212. The van der Waals surface area contributed by atoms with Gasteiger partial charge in [0.15, 0.2) is 0 Å². The molecule has 1 unspecified atom stereocenters. The zero-order valence-electron chi connectivity index (χ0n) is 18.3. The van der Waals surface area contributed by atoms with Gasteiger partial charge in [0.05, 0.1) is 12.6 Å². The molecule has 1 heterocycles. The van der Waals surface area contributed by atoms with Crippen molar-refractivity contribution >= 4 is 23.2 Å². The third kappa shape index (κ3) is 6.82. The van der Waals surface area contributed by atoms with E-state index in [1.807, 2.05) is 54.6 Å². The van der Waals surface area contributed by atoms with E-state index in [4.69, 9.17) is 9.47 Å². The zero-order valence-corrected chi connectivity index (χ0v) is 18.3. The van der Waals surface area contributed by atoms with E-state index in [1.54, 1.807) is 24.3 Å². The zero-order chi connectivity index (χ0) is 22.9. The Kier molecular flexibility index (Phi) is 7.56. The van der Waals surface area contributed by atoms with Crippen LogP contribution in [0.25, 0.3) is 0 Å². The number of anilines is 2. The van der Waals surface area contributed by atoms with E-state index in [0.29, 0.717) is 23.5 Å². The molecule has 33 heavy (non-hydrogen) atoms. The van der Waals surface area contributed by atoms with Gasteiger partial charge in [-0.1, -0.05) is 24.3 Å². The molecule has 4 rings (SSSR count). The first kappa shape index (κ1) is 22.4. The van der Waals surface area contributed by atoms with Gasteiger partial charge in [-0.05, 0) is 67.4 Å². The Labute approximate surface area is 193 Å². The van der Waals surface area contributed by atoms with Gasteiger partial charge in [-0.15, -0.1) is 0 Å². The van der Waals surface area contributed by atoms with Crippen LogP contribution in [0.15, 0.2) is 78.9 Å². The van der Waals surface area contributed by atoms with Crippen LogP contribution in [0.2, 0.25) is 0 Å². The smallest absolute Gasteiger partial charge is 0.251 e. The lowest BCUT2D eigenvalue weighted by Crippen LogP contribution is -2.31. The lowest BCUT2D eigenvalue weighted by Gasteiger charge is -2.12. The van der Waals surface area contributed by atoms with E-state index in [2.05, 4.69) is 16.0 Å². The van der Waals surface area contributed by atoms with Crippen LogP contribution in [0, 0.1) is 0 Å². The van der Waals surface area contributed by atoms with Crippen molar-refractivity contribution < 1.29 is 19.1 Å². The van der Waals surface area contributed by atoms with E-state index < -0.39 is 0 Å². The Morgan fingerprint density at radius 3 is 2.45 bits per heavy atom. The largest absolute Gasteiger partial charge is 0.457 e. The first-order valence-corrected chi connectivity index (χ1v) is 11.0. The Hall–Kier alpha value is -3.84. The summed E-state index contributed by atoms with van der Waals surface area (Å²) in [4.78, 5) is 24.8. The third-order valence-corrected chi connectivity index (χ3v) is 5.21. The van der Waals surface area contributed by atoms with Crippen LogP contribution in [-0.4, -0.2) is 37.6 Å². The maximum Gasteiger partial charge on any atom is 0.251 e. The minimum Gasteiger partial charge on any atom is -0.457 e. The summed E-state index contributed by atoms with van der Waals surface area (Å²) in [5.74, 6) is 1.08. The quantitative estimate of drug-likeness (QED) is 0.453. The Bertz CT molecular complexity index is 1060. The van der Waals surface area contributed by atoms with Crippen molar-refractivity contribution in [1.29, 1.82) is 0 Å². The number of nitrogens with one attached hydrogen (secondary N) is 3. The molecule has 1 aliphatic heterocycles. The van der Waals surface area contributed by atoms with Crippen molar-refractivity contribution in [2.75, 3.05) is 30.3 Å². The number of carbonyl (C=O) groups excluding carboxylic acids is 2. The summed E-state index contributed by atoms with van der Waals surface area (Å²) in [5.41, 5.74) is 1.86. The van der Waals surface area contributed by atoms with Crippen LogP contribution in [0.4, 0.5) is 11.4 Å². The van der Waals surface area contributed by atoms with Crippen molar-refractivity contribution in [3.8, 4) is 11.5 Å². The number of ether oxygens (including phenoxy) is 2. The van der Waals surface area contributed by atoms with Crippen LogP contribution in [0.5, 0.6) is 11.5 Å². The number of hydrogen-bond donors (Lipinski definition) is 3. The number of amides is 2. The second kappa shape index (κ2) is 11.2. The van der Waals surface area contributed by atoms with E-state index in [0.717, 1.165) is 30.9 Å². The summed E-state index contributed by atoms with van der Waals surface area (Å²) >= 11 is 0. The summed E-state index contributed by atoms with van der Waals surface area (Å²) in [6.07, 6.45) is 2.08. The van der Waals surface area contributed by atoms with Gasteiger partial charge >= 0.3 is 0 Å². The van der Waals surface area contributed by atoms with Gasteiger partial charge in [-0.3, -0.25) is 9.59 Å². The fraction of sp³-hybridized carbons (Fsp3) is 0.231. The standard InChI is InChI=1S/C26H27N3O4/c30-25(18-27-20-11-13-23(14-12-20)33-22-8-2-1-3-9-22)29-21-7-4-6-19(16-21)26(31)28-17-24-10-5-15-32-24/h1-4,6-9,11-14,16,24,27H,5,10,15,17-18H2,(H,28,31)(H,29,30). The van der Waals surface area contributed by atoms with Crippen LogP contribution >= 0.6 is 0 Å². The minimum absolute atomic E-state index is 0.0851. The molecule has 1 saturated heterocycles. The fourth-order valence-electron chi connectivity index (χ4n) is 3.51. The second-order valence-corrected chi connectivity index (χ2v) is 7.77. The number of hydrogen-bond acceptors (Lipinski definition) is 5. The molecule has 1 fully saturated rings. The monoisotopic (exact) mass is 445 g/mol. The Morgan fingerprint density at radius 2 is 1.70 bits per heavy atom. The van der Waals surface area contributed by atoms with E-state index in [-0.39, 0.29) is 24.5 Å². The Balaban J connectivity index is 1.24. The highest BCUT2D eigenvalue weighted by molar-refractivity contribution is 5.98. The first-order valence-electron chi connectivity index (χ1n) is 11.0. The van der Waals surface area contributed by atoms with Crippen molar-refractivity contribution in [3.05, 3.63) is 84.4 Å². The summed E-state index contributed by atoms with van der Waals surface area (Å²) in [6.45, 7) is 1.34. The van der Waals surface area contributed by atoms with Gasteiger partial charge in [-0.25, -0.2) is 0 Å². The molecule has 0 spiro atoms. The summed E-state index contributed by atoms with van der Waals surface area (Å²) < 4.78 is 11.3. The predicted octanol–water partition coefficient (Wildman–Crippen LogP) is 4.44. The van der Waals surface area contributed by atoms with E-state index >= 15 is 0 Å². The summed E-state index contributed by atoms with van der Waals surface area (Å²) in [6, 6.07) is 23.8. The van der Waals surface area contributed by atoms with Crippen molar-refractivity contribution in [1.82, 2.24) is 5.32 Å². The van der Waals surface area contributed by atoms with Gasteiger partial charge < -0.3 is 25.4 Å². The normalized spacial score (nSPS) is 15.0. The van der Waals surface area contributed by atoms with Gasteiger partial charge in [0.25, 0.3) is 5.91 Å². The second-order valence-electron chi connectivity index (χ2n) is 7.77. The van der Waals surface area contributed by atoms with Crippen molar-refractivity contribution in [2.45, 2.75) is 18.9 Å². The molecule has 0 aromatic heterocycles. The van der Waals surface area contributed by atoms with Crippen LogP contribution < -0.4 is 20.7 Å². The lowest BCUT2D eigenvalue weighted by atomic mass is 10.1. The molecule has 1 aliphatic rings. The fourth-order valence-corrected chi connectivity index (χ4v) is 3.51. The molecule has 0 saturated carbocycles. The lowest BCUT2D eigenvalue weighted by molar-refractivity contribution is -0.114. The molecule has 1 atom stereocenters. The SMILES string of the molecule is O=C(CNc1ccc(Oc2ccccc2)cc1)Nc1cccc(C(=O)NCC2CCCO2)c1. The molecule has 0 bridgehead atoms. The summed E-state index contributed by atoms with van der Waals surface area (Å²) in [7, 11) is 0. The molecule has 0 radical (unpaired) electrons. The summed E-state index contributed by atoms with van der Waals surface area (Å²) in [5, 5.41) is 8.79. The van der Waals surface area contributed by atoms with Crippen molar-refractivity contribution in [2.24, 2.45) is 0 Å². The molecule has 7 nitrogen and oxygen atoms in total.